The molecule has 1 saturated carbocycles. The van der Waals surface area contributed by atoms with Crippen LogP contribution in [-0.4, -0.2) is 12.6 Å². The minimum atomic E-state index is 0.595. The lowest BCUT2D eigenvalue weighted by atomic mass is 10.1. The SMILES string of the molecule is CC(C)CN(c1cccc(Br)c1CN)C1CCCC1. The fourth-order valence-electron chi connectivity index (χ4n) is 3.07. The molecule has 3 heteroatoms. The predicted octanol–water partition coefficient (Wildman–Crippen LogP) is 4.31. The smallest absolute Gasteiger partial charge is 0.0425 e. The summed E-state index contributed by atoms with van der Waals surface area (Å²) < 4.78 is 1.14. The topological polar surface area (TPSA) is 29.3 Å². The van der Waals surface area contributed by atoms with Gasteiger partial charge in [-0.3, -0.25) is 0 Å². The standard InChI is InChI=1S/C16H25BrN2/c1-12(2)11-19(13-6-3-4-7-13)16-9-5-8-15(17)14(16)10-18/h5,8-9,12-13H,3-4,6-7,10-11,18H2,1-2H3. The van der Waals surface area contributed by atoms with Crippen LogP contribution in [0.1, 0.15) is 45.1 Å². The van der Waals surface area contributed by atoms with E-state index in [1.54, 1.807) is 0 Å². The Morgan fingerprint density at radius 3 is 2.58 bits per heavy atom. The van der Waals surface area contributed by atoms with Crippen molar-refractivity contribution < 1.29 is 0 Å². The normalized spacial score (nSPS) is 16.3. The highest BCUT2D eigenvalue weighted by Gasteiger charge is 2.25. The Balaban J connectivity index is 2.33. The molecule has 0 aromatic heterocycles. The van der Waals surface area contributed by atoms with Gasteiger partial charge in [0.25, 0.3) is 0 Å². The van der Waals surface area contributed by atoms with E-state index in [4.69, 9.17) is 5.73 Å². The van der Waals surface area contributed by atoms with Crippen LogP contribution in [0.25, 0.3) is 0 Å². The van der Waals surface area contributed by atoms with E-state index in [0.717, 1.165) is 11.0 Å². The minimum absolute atomic E-state index is 0.595. The van der Waals surface area contributed by atoms with Gasteiger partial charge >= 0.3 is 0 Å². The molecule has 1 aromatic rings. The molecule has 0 atom stereocenters. The minimum Gasteiger partial charge on any atom is -0.368 e. The maximum absolute atomic E-state index is 5.96. The summed E-state index contributed by atoms with van der Waals surface area (Å²) in [6.07, 6.45) is 5.38. The third-order valence-electron chi connectivity index (χ3n) is 3.93. The van der Waals surface area contributed by atoms with Gasteiger partial charge in [-0.05, 0) is 30.9 Å². The van der Waals surface area contributed by atoms with Gasteiger partial charge in [-0.2, -0.15) is 0 Å². The molecule has 106 valence electrons. The highest BCUT2D eigenvalue weighted by Crippen LogP contribution is 2.34. The van der Waals surface area contributed by atoms with E-state index in [-0.39, 0.29) is 0 Å². The summed E-state index contributed by atoms with van der Waals surface area (Å²) in [4.78, 5) is 2.60. The van der Waals surface area contributed by atoms with Crippen molar-refractivity contribution in [2.24, 2.45) is 11.7 Å². The third-order valence-corrected chi connectivity index (χ3v) is 4.68. The molecule has 1 aliphatic rings. The number of nitrogens with two attached hydrogens (primary N) is 1. The molecule has 0 saturated heterocycles. The van der Waals surface area contributed by atoms with Crippen molar-refractivity contribution in [3.05, 3.63) is 28.2 Å². The monoisotopic (exact) mass is 324 g/mol. The van der Waals surface area contributed by atoms with Crippen LogP contribution in [0.5, 0.6) is 0 Å². The lowest BCUT2D eigenvalue weighted by molar-refractivity contribution is 0.534. The molecule has 2 rings (SSSR count). The van der Waals surface area contributed by atoms with Crippen LogP contribution < -0.4 is 10.6 Å². The average Bonchev–Trinajstić information content (AvgIpc) is 2.89. The number of nitrogens with zero attached hydrogens (tertiary/aromatic N) is 1. The summed E-state index contributed by atoms with van der Waals surface area (Å²) >= 11 is 3.64. The highest BCUT2D eigenvalue weighted by molar-refractivity contribution is 9.10. The maximum atomic E-state index is 5.96. The van der Waals surface area contributed by atoms with Gasteiger partial charge in [0.2, 0.25) is 0 Å². The molecule has 2 N–H and O–H groups in total. The van der Waals surface area contributed by atoms with E-state index in [0.29, 0.717) is 18.5 Å². The third kappa shape index (κ3) is 3.51. The molecule has 0 heterocycles. The van der Waals surface area contributed by atoms with E-state index in [1.165, 1.54) is 36.9 Å². The summed E-state index contributed by atoms with van der Waals surface area (Å²) in [5.41, 5.74) is 8.54. The Hall–Kier alpha value is -0.540. The largest absolute Gasteiger partial charge is 0.368 e. The van der Waals surface area contributed by atoms with Gasteiger partial charge < -0.3 is 10.6 Å². The molecule has 0 radical (unpaired) electrons. The number of anilines is 1. The summed E-state index contributed by atoms with van der Waals surface area (Å²) in [6, 6.07) is 7.14. The van der Waals surface area contributed by atoms with Crippen molar-refractivity contribution >= 4 is 21.6 Å². The van der Waals surface area contributed by atoms with Gasteiger partial charge in [-0.1, -0.05) is 48.7 Å². The number of hydrogen-bond donors (Lipinski definition) is 1. The second kappa shape index (κ2) is 6.76. The first-order valence-corrected chi connectivity index (χ1v) is 8.17. The first-order valence-electron chi connectivity index (χ1n) is 7.37. The molecule has 2 nitrogen and oxygen atoms in total. The second-order valence-corrected chi connectivity index (χ2v) is 6.78. The lowest BCUT2D eigenvalue weighted by Gasteiger charge is -2.34. The van der Waals surface area contributed by atoms with Gasteiger partial charge in [0, 0.05) is 34.9 Å². The summed E-state index contributed by atoms with van der Waals surface area (Å²) in [5, 5.41) is 0. The number of halogens is 1. The Bertz CT molecular complexity index is 411. The van der Waals surface area contributed by atoms with Crippen LogP contribution in [0.15, 0.2) is 22.7 Å². The van der Waals surface area contributed by atoms with Crippen molar-refractivity contribution in [2.75, 3.05) is 11.4 Å². The van der Waals surface area contributed by atoms with Crippen LogP contribution in [0.3, 0.4) is 0 Å². The van der Waals surface area contributed by atoms with Gasteiger partial charge in [-0.15, -0.1) is 0 Å². The highest BCUT2D eigenvalue weighted by atomic mass is 79.9. The Kier molecular flexibility index (Phi) is 5.28. The van der Waals surface area contributed by atoms with Gasteiger partial charge in [0.1, 0.15) is 0 Å². The van der Waals surface area contributed by atoms with Crippen molar-refractivity contribution in [1.82, 2.24) is 0 Å². The molecular weight excluding hydrogens is 300 g/mol. The molecule has 19 heavy (non-hydrogen) atoms. The van der Waals surface area contributed by atoms with E-state index in [9.17, 15) is 0 Å². The first kappa shape index (κ1) is 14.9. The molecule has 1 aromatic carbocycles. The van der Waals surface area contributed by atoms with E-state index in [1.807, 2.05) is 0 Å². The van der Waals surface area contributed by atoms with Gasteiger partial charge in [-0.25, -0.2) is 0 Å². The summed E-state index contributed by atoms with van der Waals surface area (Å²) in [7, 11) is 0. The number of hydrogen-bond acceptors (Lipinski definition) is 2. The number of rotatable bonds is 5. The zero-order valence-corrected chi connectivity index (χ0v) is 13.6. The molecule has 0 spiro atoms. The van der Waals surface area contributed by atoms with Crippen LogP contribution in [0.4, 0.5) is 5.69 Å². The molecule has 0 bridgehead atoms. The molecule has 0 unspecified atom stereocenters. The Labute approximate surface area is 125 Å². The molecule has 1 fully saturated rings. The predicted molar refractivity (Wildman–Crippen MR) is 86.5 cm³/mol. The average molecular weight is 325 g/mol. The van der Waals surface area contributed by atoms with Crippen molar-refractivity contribution in [3.63, 3.8) is 0 Å². The lowest BCUT2D eigenvalue weighted by Crippen LogP contribution is -2.37. The van der Waals surface area contributed by atoms with Gasteiger partial charge in [0.15, 0.2) is 0 Å². The zero-order chi connectivity index (χ0) is 13.8. The van der Waals surface area contributed by atoms with E-state index < -0.39 is 0 Å². The fourth-order valence-corrected chi connectivity index (χ4v) is 3.59. The molecule has 1 aliphatic carbocycles. The second-order valence-electron chi connectivity index (χ2n) is 5.93. The fraction of sp³-hybridized carbons (Fsp3) is 0.625. The molecule has 0 amide bonds. The Morgan fingerprint density at radius 1 is 1.32 bits per heavy atom. The summed E-state index contributed by atoms with van der Waals surface area (Å²) in [5.74, 6) is 0.671. The maximum Gasteiger partial charge on any atom is 0.0425 e. The number of benzene rings is 1. The quantitative estimate of drug-likeness (QED) is 0.874. The van der Waals surface area contributed by atoms with Crippen LogP contribution in [0.2, 0.25) is 0 Å². The van der Waals surface area contributed by atoms with Crippen LogP contribution >= 0.6 is 15.9 Å². The molecular formula is C16H25BrN2. The van der Waals surface area contributed by atoms with Crippen molar-refractivity contribution in [3.8, 4) is 0 Å². The Morgan fingerprint density at radius 2 is 2.00 bits per heavy atom. The van der Waals surface area contributed by atoms with E-state index >= 15 is 0 Å². The summed E-state index contributed by atoms with van der Waals surface area (Å²) in [6.45, 7) is 6.30. The van der Waals surface area contributed by atoms with Gasteiger partial charge in [0.05, 0.1) is 0 Å². The van der Waals surface area contributed by atoms with Crippen LogP contribution in [-0.2, 0) is 6.54 Å². The first-order chi connectivity index (χ1) is 9.13. The molecule has 0 aliphatic heterocycles. The van der Waals surface area contributed by atoms with E-state index in [2.05, 4.69) is 52.9 Å². The zero-order valence-electron chi connectivity index (χ0n) is 12.0. The van der Waals surface area contributed by atoms with Crippen LogP contribution in [0, 0.1) is 5.92 Å². The van der Waals surface area contributed by atoms with Crippen molar-refractivity contribution in [1.29, 1.82) is 0 Å². The van der Waals surface area contributed by atoms with Crippen molar-refractivity contribution in [2.45, 2.75) is 52.1 Å².